The van der Waals surface area contributed by atoms with Crippen molar-refractivity contribution in [3.63, 3.8) is 0 Å². The fourth-order valence-corrected chi connectivity index (χ4v) is 3.45. The maximum Gasteiger partial charge on any atom is 0.339 e. The van der Waals surface area contributed by atoms with Crippen LogP contribution >= 0.6 is 11.6 Å². The minimum Gasteiger partial charge on any atom is -0.507 e. The molecule has 156 valence electrons. The van der Waals surface area contributed by atoms with Crippen LogP contribution in [0, 0.1) is 6.92 Å². The minimum atomic E-state index is -1.30. The average molecular weight is 437 g/mol. The summed E-state index contributed by atoms with van der Waals surface area (Å²) < 4.78 is 5.90. The van der Waals surface area contributed by atoms with E-state index in [1.54, 1.807) is 31.2 Å². The quantitative estimate of drug-likeness (QED) is 0.552. The van der Waals surface area contributed by atoms with Crippen LogP contribution in [0.25, 0.3) is 17.4 Å². The Bertz CT molecular complexity index is 1290. The summed E-state index contributed by atoms with van der Waals surface area (Å²) in [5.74, 6) is -1.04. The average Bonchev–Trinajstić information content (AvgIpc) is 3.30. The highest BCUT2D eigenvalue weighted by molar-refractivity contribution is 6.32. The van der Waals surface area contributed by atoms with Gasteiger partial charge in [-0.05, 0) is 61.9 Å². The first-order chi connectivity index (χ1) is 14.8. The van der Waals surface area contributed by atoms with Gasteiger partial charge in [0, 0.05) is 10.6 Å². The lowest BCUT2D eigenvalue weighted by Crippen LogP contribution is -2.21. The molecule has 0 bridgehead atoms. The summed E-state index contributed by atoms with van der Waals surface area (Å²) in [6.07, 6.45) is 1.59. The van der Waals surface area contributed by atoms with Crippen molar-refractivity contribution in [3.8, 4) is 17.1 Å². The monoisotopic (exact) mass is 436 g/mol. The lowest BCUT2D eigenvalue weighted by Gasteiger charge is -2.12. The second kappa shape index (κ2) is 7.77. The Morgan fingerprint density at radius 3 is 2.68 bits per heavy atom. The molecule has 0 atom stereocenters. The first-order valence-electron chi connectivity index (χ1n) is 9.29. The van der Waals surface area contributed by atoms with Crippen LogP contribution in [0.3, 0.4) is 0 Å². The number of aromatic carboxylic acids is 1. The van der Waals surface area contributed by atoms with Gasteiger partial charge >= 0.3 is 5.97 Å². The van der Waals surface area contributed by atoms with Crippen LogP contribution in [-0.2, 0) is 4.79 Å². The van der Waals surface area contributed by atoms with E-state index in [4.69, 9.17) is 16.0 Å². The SMILES string of the molecule is CC1=NN(c2ccc(O)c(C(=O)O)c2)C(=O)/C1=C\c1ccc(-c2cccc(Cl)c2C)o1. The Kier molecular flexibility index (Phi) is 5.12. The third kappa shape index (κ3) is 3.71. The smallest absolute Gasteiger partial charge is 0.339 e. The maximum absolute atomic E-state index is 12.9. The number of anilines is 1. The zero-order chi connectivity index (χ0) is 22.3. The maximum atomic E-state index is 12.9. The number of hydrogen-bond acceptors (Lipinski definition) is 5. The van der Waals surface area contributed by atoms with Gasteiger partial charge in [0.1, 0.15) is 22.8 Å². The van der Waals surface area contributed by atoms with E-state index in [1.165, 1.54) is 18.2 Å². The van der Waals surface area contributed by atoms with Gasteiger partial charge < -0.3 is 14.6 Å². The summed E-state index contributed by atoms with van der Waals surface area (Å²) in [4.78, 5) is 24.2. The second-order valence-corrected chi connectivity index (χ2v) is 7.39. The number of carbonyl (C=O) groups is 2. The van der Waals surface area contributed by atoms with Crippen molar-refractivity contribution < 1.29 is 24.2 Å². The topological polar surface area (TPSA) is 103 Å². The molecule has 1 amide bonds. The molecule has 3 aromatic rings. The molecule has 1 aliphatic heterocycles. The molecule has 0 radical (unpaired) electrons. The molecule has 8 heteroatoms. The van der Waals surface area contributed by atoms with Gasteiger partial charge in [-0.15, -0.1) is 0 Å². The van der Waals surface area contributed by atoms with Gasteiger partial charge in [0.2, 0.25) is 0 Å². The highest BCUT2D eigenvalue weighted by Crippen LogP contribution is 2.32. The molecule has 1 aliphatic rings. The standard InChI is InChI=1S/C23H17ClN2O5/c1-12-16(4-3-5-19(12)24)21-9-7-15(31-21)11-17-13(2)25-26(22(17)28)14-6-8-20(27)18(10-14)23(29)30/h3-11,27H,1-2H3,(H,29,30)/b17-11-. The van der Waals surface area contributed by atoms with Crippen LogP contribution in [0.4, 0.5) is 5.69 Å². The lowest BCUT2D eigenvalue weighted by molar-refractivity contribution is -0.114. The van der Waals surface area contributed by atoms with E-state index in [1.807, 2.05) is 19.1 Å². The normalized spacial score (nSPS) is 14.9. The van der Waals surface area contributed by atoms with E-state index in [-0.39, 0.29) is 11.3 Å². The number of amides is 1. The summed E-state index contributed by atoms with van der Waals surface area (Å²) in [7, 11) is 0. The fraction of sp³-hybridized carbons (Fsp3) is 0.0870. The number of benzene rings is 2. The molecule has 1 aromatic heterocycles. The summed E-state index contributed by atoms with van der Waals surface area (Å²) in [6.45, 7) is 3.57. The zero-order valence-electron chi connectivity index (χ0n) is 16.6. The molecule has 0 spiro atoms. The van der Waals surface area contributed by atoms with Gasteiger partial charge in [-0.25, -0.2) is 4.79 Å². The molecule has 4 rings (SSSR count). The fourth-order valence-electron chi connectivity index (χ4n) is 3.28. The third-order valence-corrected chi connectivity index (χ3v) is 5.37. The van der Waals surface area contributed by atoms with Crippen LogP contribution in [0.15, 0.2) is 63.6 Å². The van der Waals surface area contributed by atoms with Gasteiger partial charge in [0.25, 0.3) is 5.91 Å². The van der Waals surface area contributed by atoms with Crippen molar-refractivity contribution in [2.24, 2.45) is 5.10 Å². The van der Waals surface area contributed by atoms with Gasteiger partial charge in [0.05, 0.1) is 17.0 Å². The first kappa shape index (κ1) is 20.4. The predicted molar refractivity (Wildman–Crippen MR) is 118 cm³/mol. The van der Waals surface area contributed by atoms with Gasteiger partial charge in [0.15, 0.2) is 0 Å². The third-order valence-electron chi connectivity index (χ3n) is 4.96. The Hall–Kier alpha value is -3.84. The number of aromatic hydroxyl groups is 1. The Balaban J connectivity index is 1.65. The predicted octanol–water partition coefficient (Wildman–Crippen LogP) is 5.12. The van der Waals surface area contributed by atoms with Crippen LogP contribution < -0.4 is 5.01 Å². The van der Waals surface area contributed by atoms with Crippen LogP contribution in [0.2, 0.25) is 5.02 Å². The number of halogens is 1. The molecule has 2 aromatic carbocycles. The van der Waals surface area contributed by atoms with Crippen molar-refractivity contribution in [1.29, 1.82) is 0 Å². The highest BCUT2D eigenvalue weighted by atomic mass is 35.5. The molecular formula is C23H17ClN2O5. The summed E-state index contributed by atoms with van der Waals surface area (Å²) in [5, 5.41) is 24.9. The van der Waals surface area contributed by atoms with Crippen LogP contribution in [0.1, 0.15) is 28.6 Å². The number of hydrogen-bond donors (Lipinski definition) is 2. The van der Waals surface area contributed by atoms with E-state index in [0.717, 1.165) is 16.1 Å². The Labute approximate surface area is 182 Å². The van der Waals surface area contributed by atoms with Crippen molar-refractivity contribution >= 4 is 41.0 Å². The molecule has 0 unspecified atom stereocenters. The number of hydrazone groups is 1. The van der Waals surface area contributed by atoms with Gasteiger partial charge in [-0.1, -0.05) is 23.7 Å². The van der Waals surface area contributed by atoms with E-state index >= 15 is 0 Å². The largest absolute Gasteiger partial charge is 0.507 e. The second-order valence-electron chi connectivity index (χ2n) is 6.98. The number of carbonyl (C=O) groups excluding carboxylic acids is 1. The number of phenols is 1. The van der Waals surface area contributed by atoms with Crippen molar-refractivity contribution in [1.82, 2.24) is 0 Å². The summed E-state index contributed by atoms with van der Waals surface area (Å²) in [6, 6.07) is 12.9. The molecule has 2 N–H and O–H groups in total. The zero-order valence-corrected chi connectivity index (χ0v) is 17.3. The van der Waals surface area contributed by atoms with Crippen molar-refractivity contribution in [2.75, 3.05) is 5.01 Å². The molecule has 0 saturated heterocycles. The number of carboxylic acid groups (broad SMARTS) is 1. The minimum absolute atomic E-state index is 0.234. The molecule has 0 aliphatic carbocycles. The van der Waals surface area contributed by atoms with E-state index in [9.17, 15) is 19.8 Å². The molecule has 31 heavy (non-hydrogen) atoms. The van der Waals surface area contributed by atoms with Crippen LogP contribution in [-0.4, -0.2) is 27.8 Å². The van der Waals surface area contributed by atoms with E-state index < -0.39 is 17.6 Å². The highest BCUT2D eigenvalue weighted by Gasteiger charge is 2.30. The van der Waals surface area contributed by atoms with Crippen molar-refractivity contribution in [2.45, 2.75) is 13.8 Å². The number of rotatable bonds is 4. The number of nitrogens with zero attached hydrogens (tertiary/aromatic N) is 2. The molecular weight excluding hydrogens is 420 g/mol. The van der Waals surface area contributed by atoms with E-state index in [2.05, 4.69) is 5.10 Å². The van der Waals surface area contributed by atoms with Crippen LogP contribution in [0.5, 0.6) is 5.75 Å². The van der Waals surface area contributed by atoms with Crippen molar-refractivity contribution in [3.05, 3.63) is 76.0 Å². The van der Waals surface area contributed by atoms with E-state index in [0.29, 0.717) is 27.8 Å². The van der Waals surface area contributed by atoms with Gasteiger partial charge in [-0.2, -0.15) is 10.1 Å². The van der Waals surface area contributed by atoms with Gasteiger partial charge in [-0.3, -0.25) is 4.79 Å². The molecule has 0 fully saturated rings. The first-order valence-corrected chi connectivity index (χ1v) is 9.67. The molecule has 2 heterocycles. The Morgan fingerprint density at radius 1 is 1.16 bits per heavy atom. The Morgan fingerprint density at radius 2 is 1.94 bits per heavy atom. The lowest BCUT2D eigenvalue weighted by atomic mass is 10.1. The molecule has 7 nitrogen and oxygen atoms in total. The molecule has 0 saturated carbocycles. The summed E-state index contributed by atoms with van der Waals surface area (Å²) >= 11 is 6.19. The number of carboxylic acids is 1. The summed E-state index contributed by atoms with van der Waals surface area (Å²) in [5.41, 5.74) is 2.42. The number of furan rings is 1.